The number of carbonyl (C=O) groups is 9. The molecule has 396 valence electrons. The summed E-state index contributed by atoms with van der Waals surface area (Å²) in [6.45, 7) is 0.975. The van der Waals surface area contributed by atoms with Gasteiger partial charge in [-0.15, -0.1) is 0 Å². The third-order valence-electron chi connectivity index (χ3n) is 10.9. The summed E-state index contributed by atoms with van der Waals surface area (Å²) >= 11 is 0. The number of primary amides is 1. The van der Waals surface area contributed by atoms with Crippen LogP contribution in [0.2, 0.25) is 0 Å². The number of aromatic amines is 1. The number of nitrogens with two attached hydrogens (primary N) is 8. The number of carbonyl (C=O) groups excluding carboxylic acids is 9. The van der Waals surface area contributed by atoms with Crippen LogP contribution >= 0.6 is 0 Å². The largest absolute Gasteiger partial charge is 0.389 e. The highest BCUT2D eigenvalue weighted by atomic mass is 16.3. The summed E-state index contributed by atoms with van der Waals surface area (Å²) in [7, 11) is 0. The van der Waals surface area contributed by atoms with Crippen molar-refractivity contribution < 1.29 is 48.3 Å². The first-order valence-electron chi connectivity index (χ1n) is 23.4. The maximum Gasteiger partial charge on any atom is 0.269 e. The van der Waals surface area contributed by atoms with Gasteiger partial charge in [-0.25, -0.2) is 15.0 Å². The first kappa shape index (κ1) is 60.3. The van der Waals surface area contributed by atoms with E-state index in [4.69, 9.17) is 45.9 Å². The van der Waals surface area contributed by atoms with Crippen LogP contribution in [-0.4, -0.2) is 179 Å². The number of aliphatic imine (C=N–C) groups is 3. The molecular weight excluding hydrogens is 931 g/mol. The molecule has 1 aliphatic rings. The maximum atomic E-state index is 14.1. The Morgan fingerprint density at radius 1 is 0.803 bits per heavy atom. The van der Waals surface area contributed by atoms with Gasteiger partial charge in [-0.05, 0) is 90.8 Å². The highest BCUT2D eigenvalue weighted by Gasteiger charge is 2.38. The van der Waals surface area contributed by atoms with E-state index in [0.29, 0.717) is 31.5 Å². The van der Waals surface area contributed by atoms with Crippen LogP contribution in [-0.2, 0) is 49.6 Å². The molecule has 1 aliphatic heterocycles. The molecule has 1 saturated heterocycles. The number of amides is 9. The van der Waals surface area contributed by atoms with E-state index < -0.39 is 109 Å². The molecule has 0 spiro atoms. The minimum absolute atomic E-state index is 0.0113. The van der Waals surface area contributed by atoms with Gasteiger partial charge in [-0.2, -0.15) is 0 Å². The van der Waals surface area contributed by atoms with Gasteiger partial charge in [-0.3, -0.25) is 48.1 Å². The number of H-pyrrole nitrogens is 1. The van der Waals surface area contributed by atoms with Crippen LogP contribution in [0.5, 0.6) is 0 Å². The fourth-order valence-corrected chi connectivity index (χ4v) is 7.02. The lowest BCUT2D eigenvalue weighted by Gasteiger charge is -2.27. The topological polar surface area (TPSA) is 511 Å². The van der Waals surface area contributed by atoms with E-state index in [2.05, 4.69) is 51.5 Å². The summed E-state index contributed by atoms with van der Waals surface area (Å²) in [5.41, 5.74) is 44.4. The summed E-state index contributed by atoms with van der Waals surface area (Å²) in [5.74, 6) is -7.87. The zero-order valence-electron chi connectivity index (χ0n) is 40.1. The molecule has 1 fully saturated rings. The molecule has 1 aromatic heterocycles. The standard InChI is InChI=1S/C42H73N19O10/c1-23(55-40(70)33(31(62)19-46)60-36(66)25(47)8-2-3-13-43)35(65)53-21-32(63)56-28(10-5-15-45)41(71)61-17-7-12-30(61)39(69)59-29(18-24-20-51-22-54-24)38(68)58-27(9-4-14-44)37(67)57-26(34(48)64)11-6-16-52-42(49)50/h20,22-23,25,27,29-31,33,62H,2-19,21,43-47H2,1H3,(H2,48,64)(H,51,54)(H,53,65)(H,55,70)(H,58,68)(H,59,69)(H,60,66)(H4,49,50,52)/t23-,25-,27-,29-,30-,31-,33-/m0/s1. The van der Waals surface area contributed by atoms with Crippen LogP contribution in [0.3, 0.4) is 0 Å². The average molecular weight is 1000 g/mol. The van der Waals surface area contributed by atoms with E-state index in [1.54, 1.807) is 0 Å². The van der Waals surface area contributed by atoms with Crippen molar-refractivity contribution in [1.82, 2.24) is 41.5 Å². The molecule has 1 aromatic rings. The maximum absolute atomic E-state index is 14.1. The van der Waals surface area contributed by atoms with Crippen LogP contribution in [0, 0.1) is 0 Å². The molecule has 0 bridgehead atoms. The van der Waals surface area contributed by atoms with E-state index in [0.717, 1.165) is 0 Å². The number of imidazole rings is 1. The summed E-state index contributed by atoms with van der Waals surface area (Å²) < 4.78 is 0. The molecule has 0 unspecified atom stereocenters. The lowest BCUT2D eigenvalue weighted by atomic mass is 10.1. The van der Waals surface area contributed by atoms with Gasteiger partial charge in [-0.1, -0.05) is 6.42 Å². The van der Waals surface area contributed by atoms with Gasteiger partial charge in [0, 0.05) is 37.9 Å². The second kappa shape index (κ2) is 32.2. The van der Waals surface area contributed by atoms with E-state index in [1.165, 1.54) is 24.3 Å². The van der Waals surface area contributed by atoms with Gasteiger partial charge in [0.15, 0.2) is 5.96 Å². The molecule has 0 radical (unpaired) electrons. The number of aromatic nitrogens is 2. The molecule has 23 N–H and O–H groups in total. The molecule has 29 heteroatoms. The SMILES string of the molecule is C[C@H](NC(=O)[C@@H](NC(=O)[C@@H](N)CCCCN)[C@@H](O)CN)C(=O)NCC(=O)N=C(CCCN)C(=O)N1CCC[C@H]1C(=O)N[C@@H](Cc1cnc[nH]1)C(=O)N[C@@H](CCCN)C(=O)N=C(CCCN=C(N)N)C(N)=O. The Morgan fingerprint density at radius 2 is 1.49 bits per heavy atom. The molecule has 71 heavy (non-hydrogen) atoms. The fraction of sp³-hybridized carbons (Fsp3) is 0.643. The number of hydrogen-bond donors (Lipinski definition) is 15. The summed E-state index contributed by atoms with van der Waals surface area (Å²) in [5, 5.41) is 22.7. The predicted octanol–water partition coefficient (Wildman–Crippen LogP) is -7.25. The molecule has 9 amide bonds. The van der Waals surface area contributed by atoms with Crippen LogP contribution in [0.15, 0.2) is 27.5 Å². The molecule has 2 heterocycles. The van der Waals surface area contributed by atoms with Crippen molar-refractivity contribution in [3.8, 4) is 0 Å². The van der Waals surface area contributed by atoms with E-state index in [9.17, 15) is 48.3 Å². The van der Waals surface area contributed by atoms with Crippen molar-refractivity contribution in [2.45, 2.75) is 126 Å². The van der Waals surface area contributed by atoms with E-state index in [-0.39, 0.29) is 101 Å². The summed E-state index contributed by atoms with van der Waals surface area (Å²) in [6, 6.07) is -7.66. The van der Waals surface area contributed by atoms with Gasteiger partial charge in [0.05, 0.1) is 25.0 Å². The molecule has 0 saturated carbocycles. The predicted molar refractivity (Wildman–Crippen MR) is 260 cm³/mol. The lowest BCUT2D eigenvalue weighted by Crippen LogP contribution is -2.60. The minimum Gasteiger partial charge on any atom is -0.389 e. The van der Waals surface area contributed by atoms with Crippen molar-refractivity contribution >= 4 is 70.5 Å². The zero-order chi connectivity index (χ0) is 53.0. The second-order valence-corrected chi connectivity index (χ2v) is 16.6. The van der Waals surface area contributed by atoms with Crippen LogP contribution in [0.1, 0.15) is 83.2 Å². The molecule has 0 aliphatic carbocycles. The Kier molecular flexibility index (Phi) is 27.3. The highest BCUT2D eigenvalue weighted by Crippen LogP contribution is 2.20. The number of nitrogens with zero attached hydrogens (tertiary/aromatic N) is 5. The van der Waals surface area contributed by atoms with E-state index in [1.807, 2.05) is 0 Å². The number of aliphatic hydroxyl groups is 1. The first-order valence-corrected chi connectivity index (χ1v) is 23.4. The fourth-order valence-electron chi connectivity index (χ4n) is 7.02. The van der Waals surface area contributed by atoms with Crippen LogP contribution in [0.25, 0.3) is 0 Å². The third kappa shape index (κ3) is 21.4. The Hall–Kier alpha value is -6.79. The molecular formula is C42H73N19O10. The Balaban J connectivity index is 2.24. The highest BCUT2D eigenvalue weighted by molar-refractivity contribution is 6.41. The number of hydrogen-bond acceptors (Lipinski definition) is 17. The summed E-state index contributed by atoms with van der Waals surface area (Å²) in [6.07, 6.45) is 3.64. The smallest absolute Gasteiger partial charge is 0.269 e. The Labute approximate surface area is 410 Å². The average Bonchev–Trinajstić information content (AvgIpc) is 4.05. The van der Waals surface area contributed by atoms with Crippen LogP contribution in [0.4, 0.5) is 0 Å². The van der Waals surface area contributed by atoms with Crippen molar-refractivity contribution in [1.29, 1.82) is 0 Å². The second-order valence-electron chi connectivity index (χ2n) is 16.6. The van der Waals surface area contributed by atoms with Gasteiger partial charge >= 0.3 is 0 Å². The van der Waals surface area contributed by atoms with E-state index >= 15 is 0 Å². The van der Waals surface area contributed by atoms with Crippen molar-refractivity contribution in [2.24, 2.45) is 60.8 Å². The number of rotatable bonds is 32. The lowest BCUT2D eigenvalue weighted by molar-refractivity contribution is -0.136. The molecule has 0 aromatic carbocycles. The van der Waals surface area contributed by atoms with Crippen molar-refractivity contribution in [2.75, 3.05) is 45.8 Å². The number of unbranched alkanes of at least 4 members (excludes halogenated alkanes) is 1. The quantitative estimate of drug-likeness (QED) is 0.0181. The Morgan fingerprint density at radius 3 is 2.11 bits per heavy atom. The minimum atomic E-state index is -1.57. The number of likely N-dealkylation sites (tertiary alicyclic amines) is 1. The normalized spacial score (nSPS) is 16.3. The van der Waals surface area contributed by atoms with Gasteiger partial charge < -0.3 is 87.4 Å². The van der Waals surface area contributed by atoms with Crippen molar-refractivity contribution in [3.63, 3.8) is 0 Å². The summed E-state index contributed by atoms with van der Waals surface area (Å²) in [4.78, 5) is 139. The number of nitrogens with one attached hydrogen (secondary N) is 6. The van der Waals surface area contributed by atoms with Gasteiger partial charge in [0.1, 0.15) is 41.6 Å². The molecule has 2 rings (SSSR count). The van der Waals surface area contributed by atoms with Crippen molar-refractivity contribution in [3.05, 3.63) is 18.2 Å². The number of aliphatic hydroxyl groups excluding tert-OH is 1. The third-order valence-corrected chi connectivity index (χ3v) is 10.9. The molecule has 29 nitrogen and oxygen atoms in total. The Bertz CT molecular complexity index is 2050. The molecule has 7 atom stereocenters. The monoisotopic (exact) mass is 1000 g/mol. The van der Waals surface area contributed by atoms with Gasteiger partial charge in [0.2, 0.25) is 29.5 Å². The number of guanidine groups is 1. The van der Waals surface area contributed by atoms with Crippen LogP contribution < -0.4 is 72.5 Å². The van der Waals surface area contributed by atoms with Gasteiger partial charge in [0.25, 0.3) is 23.6 Å². The first-order chi connectivity index (χ1) is 33.8. The zero-order valence-corrected chi connectivity index (χ0v) is 40.1.